The fraction of sp³-hybridized carbons (Fsp3) is 0.474. The molecule has 0 bridgehead atoms. The average Bonchev–Trinajstić information content (AvgIpc) is 3.04. The molecule has 2 heterocycles. The summed E-state index contributed by atoms with van der Waals surface area (Å²) in [4.78, 5) is 26.9. The highest BCUT2D eigenvalue weighted by Crippen LogP contribution is 2.30. The number of H-pyrrole nitrogens is 1. The van der Waals surface area contributed by atoms with Crippen LogP contribution in [0.1, 0.15) is 31.2 Å². The number of aryl methyl sites for hydroxylation is 1. The number of rotatable bonds is 7. The van der Waals surface area contributed by atoms with Crippen molar-refractivity contribution in [2.24, 2.45) is 5.41 Å². The van der Waals surface area contributed by atoms with E-state index in [2.05, 4.69) is 16.4 Å². The molecule has 0 atom stereocenters. The van der Waals surface area contributed by atoms with Crippen molar-refractivity contribution in [2.75, 3.05) is 19.8 Å². The summed E-state index contributed by atoms with van der Waals surface area (Å²) in [7, 11) is 0. The summed E-state index contributed by atoms with van der Waals surface area (Å²) in [5.41, 5.74) is 1.42. The molecule has 1 aromatic heterocycles. The highest BCUT2D eigenvalue weighted by atomic mass is 16.5. The first-order valence-corrected chi connectivity index (χ1v) is 8.74. The average molecular weight is 344 g/mol. The Morgan fingerprint density at radius 2 is 2.00 bits per heavy atom. The largest absolute Gasteiger partial charge is 0.481 e. The minimum atomic E-state index is -0.884. The Balaban J connectivity index is 1.47. The first-order chi connectivity index (χ1) is 12.1. The third kappa shape index (κ3) is 4.02. The van der Waals surface area contributed by atoms with Gasteiger partial charge in [-0.3, -0.25) is 9.59 Å². The summed E-state index contributed by atoms with van der Waals surface area (Å²) < 4.78 is 5.24. The highest BCUT2D eigenvalue weighted by molar-refractivity contribution is 5.83. The van der Waals surface area contributed by atoms with E-state index in [0.717, 1.165) is 18.4 Å². The van der Waals surface area contributed by atoms with Gasteiger partial charge in [-0.1, -0.05) is 18.2 Å². The molecule has 1 fully saturated rings. The molecule has 0 saturated carbocycles. The number of hydrogen-bond donors (Lipinski definition) is 3. The van der Waals surface area contributed by atoms with Crippen molar-refractivity contribution in [2.45, 2.75) is 32.1 Å². The van der Waals surface area contributed by atoms with Crippen LogP contribution >= 0.6 is 0 Å². The molecule has 1 aromatic carbocycles. The number of benzene rings is 1. The summed E-state index contributed by atoms with van der Waals surface area (Å²) in [6.45, 7) is 1.04. The third-order valence-corrected chi connectivity index (χ3v) is 5.05. The van der Waals surface area contributed by atoms with Crippen molar-refractivity contribution in [3.05, 3.63) is 36.0 Å². The lowest BCUT2D eigenvalue weighted by Crippen LogP contribution is -2.46. The van der Waals surface area contributed by atoms with Gasteiger partial charge in [0.2, 0.25) is 5.91 Å². The zero-order chi connectivity index (χ0) is 17.7. The van der Waals surface area contributed by atoms with Crippen molar-refractivity contribution in [1.29, 1.82) is 0 Å². The maximum atomic E-state index is 12.1. The molecular formula is C19H24N2O4. The number of aliphatic carboxylic acids is 1. The lowest BCUT2D eigenvalue weighted by atomic mass is 9.80. The minimum absolute atomic E-state index is 0.0908. The maximum absolute atomic E-state index is 12.1. The molecule has 25 heavy (non-hydrogen) atoms. The van der Waals surface area contributed by atoms with Gasteiger partial charge in [0.25, 0.3) is 0 Å². The third-order valence-electron chi connectivity index (χ3n) is 5.05. The van der Waals surface area contributed by atoms with E-state index in [4.69, 9.17) is 4.74 Å². The number of hydrogen-bond acceptors (Lipinski definition) is 3. The van der Waals surface area contributed by atoms with E-state index in [1.54, 1.807) is 0 Å². The number of ether oxygens (including phenoxy) is 1. The topological polar surface area (TPSA) is 91.4 Å². The molecule has 1 aliphatic heterocycles. The Morgan fingerprint density at radius 1 is 1.24 bits per heavy atom. The van der Waals surface area contributed by atoms with Gasteiger partial charge in [-0.15, -0.1) is 0 Å². The molecule has 2 aromatic rings. The second-order valence-corrected chi connectivity index (χ2v) is 6.69. The lowest BCUT2D eigenvalue weighted by molar-refractivity contribution is -0.154. The Kier molecular flexibility index (Phi) is 5.38. The number of nitrogens with one attached hydrogen (secondary N) is 2. The van der Waals surface area contributed by atoms with Crippen molar-refractivity contribution in [3.8, 4) is 0 Å². The van der Waals surface area contributed by atoms with Gasteiger partial charge < -0.3 is 20.1 Å². The van der Waals surface area contributed by atoms with Crippen LogP contribution in [0.25, 0.3) is 10.9 Å². The van der Waals surface area contributed by atoms with Gasteiger partial charge in [0.05, 0.1) is 5.41 Å². The zero-order valence-electron chi connectivity index (χ0n) is 14.2. The van der Waals surface area contributed by atoms with Gasteiger partial charge in [-0.2, -0.15) is 0 Å². The van der Waals surface area contributed by atoms with E-state index in [0.29, 0.717) is 32.5 Å². The number of amides is 1. The molecule has 6 heteroatoms. The first kappa shape index (κ1) is 17.5. The predicted molar refractivity (Wildman–Crippen MR) is 94.4 cm³/mol. The normalized spacial score (nSPS) is 16.6. The van der Waals surface area contributed by atoms with Crippen LogP contribution in [0.2, 0.25) is 0 Å². The number of carbonyl (C=O) groups is 2. The lowest BCUT2D eigenvalue weighted by Gasteiger charge is -2.33. The van der Waals surface area contributed by atoms with E-state index in [1.165, 1.54) is 10.9 Å². The molecule has 134 valence electrons. The summed E-state index contributed by atoms with van der Waals surface area (Å²) in [5.74, 6) is -0.943. The standard InChI is InChI=1S/C19H24N2O4/c22-17(21-13-19(18(23)24)8-10-25-11-9-19)7-3-4-14-12-20-16-6-2-1-5-15(14)16/h1-2,5-6,12,20H,3-4,7-11,13H2,(H,21,22)(H,23,24). The molecule has 1 saturated heterocycles. The van der Waals surface area contributed by atoms with Gasteiger partial charge in [-0.05, 0) is 37.3 Å². The number of fused-ring (bicyclic) bond motifs is 1. The van der Waals surface area contributed by atoms with Crippen molar-refractivity contribution >= 4 is 22.8 Å². The maximum Gasteiger partial charge on any atom is 0.311 e. The van der Waals surface area contributed by atoms with Crippen molar-refractivity contribution in [1.82, 2.24) is 10.3 Å². The van der Waals surface area contributed by atoms with Crippen LogP contribution in [0.15, 0.2) is 30.5 Å². The van der Waals surface area contributed by atoms with Crippen LogP contribution in [-0.2, 0) is 20.7 Å². The van der Waals surface area contributed by atoms with Crippen LogP contribution in [0.3, 0.4) is 0 Å². The van der Waals surface area contributed by atoms with Gasteiger partial charge >= 0.3 is 5.97 Å². The summed E-state index contributed by atoms with van der Waals surface area (Å²) >= 11 is 0. The number of carboxylic acid groups (broad SMARTS) is 1. The summed E-state index contributed by atoms with van der Waals surface area (Å²) in [6.07, 6.45) is 4.82. The molecule has 3 rings (SSSR count). The summed E-state index contributed by atoms with van der Waals surface area (Å²) in [6, 6.07) is 8.10. The van der Waals surface area contributed by atoms with Gasteiger partial charge in [0, 0.05) is 43.3 Å². The summed E-state index contributed by atoms with van der Waals surface area (Å²) in [5, 5.41) is 13.5. The second-order valence-electron chi connectivity index (χ2n) is 6.69. The predicted octanol–water partition coefficient (Wildman–Crippen LogP) is 2.49. The smallest absolute Gasteiger partial charge is 0.311 e. The molecule has 0 radical (unpaired) electrons. The van der Waals surface area contributed by atoms with Crippen LogP contribution in [-0.4, -0.2) is 41.7 Å². The van der Waals surface area contributed by atoms with Gasteiger partial charge in [0.15, 0.2) is 0 Å². The van der Waals surface area contributed by atoms with E-state index >= 15 is 0 Å². The van der Waals surface area contributed by atoms with E-state index in [9.17, 15) is 14.7 Å². The van der Waals surface area contributed by atoms with E-state index in [1.807, 2.05) is 24.4 Å². The zero-order valence-corrected chi connectivity index (χ0v) is 14.2. The number of para-hydroxylation sites is 1. The highest BCUT2D eigenvalue weighted by Gasteiger charge is 2.40. The quantitative estimate of drug-likeness (QED) is 0.720. The number of aromatic nitrogens is 1. The Labute approximate surface area is 146 Å². The fourth-order valence-corrected chi connectivity index (χ4v) is 3.36. The fourth-order valence-electron chi connectivity index (χ4n) is 3.36. The molecule has 3 N–H and O–H groups in total. The van der Waals surface area contributed by atoms with Crippen LogP contribution < -0.4 is 5.32 Å². The Hall–Kier alpha value is -2.34. The van der Waals surface area contributed by atoms with Gasteiger partial charge in [0.1, 0.15) is 0 Å². The molecule has 0 spiro atoms. The molecule has 1 amide bonds. The monoisotopic (exact) mass is 344 g/mol. The SMILES string of the molecule is O=C(CCCc1c[nH]c2ccccc12)NCC1(C(=O)O)CCOCC1. The van der Waals surface area contributed by atoms with Crippen LogP contribution in [0.5, 0.6) is 0 Å². The van der Waals surface area contributed by atoms with E-state index < -0.39 is 11.4 Å². The number of carboxylic acids is 1. The number of aromatic amines is 1. The molecule has 1 aliphatic rings. The molecule has 6 nitrogen and oxygen atoms in total. The first-order valence-electron chi connectivity index (χ1n) is 8.74. The van der Waals surface area contributed by atoms with Crippen molar-refractivity contribution in [3.63, 3.8) is 0 Å². The van der Waals surface area contributed by atoms with Crippen LogP contribution in [0, 0.1) is 5.41 Å². The van der Waals surface area contributed by atoms with E-state index in [-0.39, 0.29) is 12.5 Å². The second kappa shape index (κ2) is 7.70. The molecule has 0 aliphatic carbocycles. The molecular weight excluding hydrogens is 320 g/mol. The Bertz CT molecular complexity index is 747. The van der Waals surface area contributed by atoms with Gasteiger partial charge in [-0.25, -0.2) is 0 Å². The van der Waals surface area contributed by atoms with Crippen molar-refractivity contribution < 1.29 is 19.4 Å². The Morgan fingerprint density at radius 3 is 2.76 bits per heavy atom. The molecule has 0 unspecified atom stereocenters. The minimum Gasteiger partial charge on any atom is -0.481 e. The van der Waals surface area contributed by atoms with Crippen LogP contribution in [0.4, 0.5) is 0 Å². The number of carbonyl (C=O) groups excluding carboxylic acids is 1.